The summed E-state index contributed by atoms with van der Waals surface area (Å²) in [6, 6.07) is 10.8. The Morgan fingerprint density at radius 3 is 2.19 bits per heavy atom. The third kappa shape index (κ3) is 2.11. The molecule has 0 heterocycles. The van der Waals surface area contributed by atoms with Crippen molar-refractivity contribution in [2.45, 2.75) is 39.0 Å². The molecule has 0 heteroatoms. The van der Waals surface area contributed by atoms with Crippen molar-refractivity contribution in [1.29, 1.82) is 0 Å². The fraction of sp³-hybridized carbons (Fsp3) is 0.375. The van der Waals surface area contributed by atoms with Crippen LogP contribution in [0.5, 0.6) is 0 Å². The molecule has 0 aromatic heterocycles. The largest absolute Gasteiger partial charge is 0.0730 e. The minimum Gasteiger partial charge on any atom is -0.0730 e. The minimum absolute atomic E-state index is 0.165. The van der Waals surface area contributed by atoms with E-state index < -0.39 is 0 Å². The van der Waals surface area contributed by atoms with Gasteiger partial charge in [-0.1, -0.05) is 67.5 Å². The lowest BCUT2D eigenvalue weighted by Gasteiger charge is -2.30. The van der Waals surface area contributed by atoms with E-state index in [4.69, 9.17) is 0 Å². The van der Waals surface area contributed by atoms with Crippen LogP contribution in [0.15, 0.2) is 53.6 Å². The normalized spacial score (nSPS) is 16.7. The van der Waals surface area contributed by atoms with Gasteiger partial charge in [0.2, 0.25) is 0 Å². The predicted molar refractivity (Wildman–Crippen MR) is 70.5 cm³/mol. The summed E-state index contributed by atoms with van der Waals surface area (Å²) in [6.45, 7) is 6.86. The van der Waals surface area contributed by atoms with Gasteiger partial charge in [-0.2, -0.15) is 0 Å². The van der Waals surface area contributed by atoms with Gasteiger partial charge in [-0.25, -0.2) is 0 Å². The third-order valence-corrected chi connectivity index (χ3v) is 3.66. The molecule has 1 aromatic rings. The van der Waals surface area contributed by atoms with E-state index in [1.54, 1.807) is 5.57 Å². The van der Waals surface area contributed by atoms with Crippen molar-refractivity contribution >= 4 is 0 Å². The third-order valence-electron chi connectivity index (χ3n) is 3.66. The van der Waals surface area contributed by atoms with Crippen LogP contribution in [0.25, 0.3) is 0 Å². The molecule has 2 rings (SSSR count). The molecular formula is C16H20. The van der Waals surface area contributed by atoms with Crippen molar-refractivity contribution in [1.82, 2.24) is 0 Å². The van der Waals surface area contributed by atoms with Gasteiger partial charge < -0.3 is 0 Å². The number of hydrogen-bond donors (Lipinski definition) is 0. The number of benzene rings is 1. The molecule has 0 atom stereocenters. The molecule has 0 aliphatic heterocycles. The summed E-state index contributed by atoms with van der Waals surface area (Å²) in [6.07, 6.45) is 6.99. The number of allylic oxidation sites excluding steroid dienone is 4. The average Bonchev–Trinajstić information content (AvgIpc) is 2.31. The second-order valence-electron chi connectivity index (χ2n) is 5.20. The average molecular weight is 212 g/mol. The van der Waals surface area contributed by atoms with Gasteiger partial charge in [0.05, 0.1) is 0 Å². The summed E-state index contributed by atoms with van der Waals surface area (Å²) < 4.78 is 0. The van der Waals surface area contributed by atoms with Crippen LogP contribution in [-0.2, 0) is 5.41 Å². The molecule has 0 radical (unpaired) electrons. The molecule has 1 aromatic carbocycles. The maximum atomic E-state index is 2.32. The van der Waals surface area contributed by atoms with Crippen molar-refractivity contribution in [2.24, 2.45) is 0 Å². The predicted octanol–water partition coefficient (Wildman–Crippen LogP) is 4.63. The molecule has 0 fully saturated rings. The molecule has 0 saturated heterocycles. The van der Waals surface area contributed by atoms with Gasteiger partial charge in [0.15, 0.2) is 0 Å². The lowest BCUT2D eigenvalue weighted by molar-refractivity contribution is 0.586. The molecule has 0 bridgehead atoms. The van der Waals surface area contributed by atoms with E-state index in [1.807, 2.05) is 0 Å². The van der Waals surface area contributed by atoms with Crippen LogP contribution in [0.2, 0.25) is 0 Å². The standard InChI is InChI=1S/C16H20/c1-13-9-11-15(12-10-13)16(2,3)14-7-5-4-6-8-14/h4-9,11H,10,12H2,1-3H3. The highest BCUT2D eigenvalue weighted by Gasteiger charge is 2.25. The van der Waals surface area contributed by atoms with Gasteiger partial charge in [-0.05, 0) is 25.3 Å². The van der Waals surface area contributed by atoms with E-state index in [0.29, 0.717) is 0 Å². The summed E-state index contributed by atoms with van der Waals surface area (Å²) in [5.74, 6) is 0. The summed E-state index contributed by atoms with van der Waals surface area (Å²) in [7, 11) is 0. The van der Waals surface area contributed by atoms with Crippen molar-refractivity contribution in [2.75, 3.05) is 0 Å². The molecule has 0 nitrogen and oxygen atoms in total. The summed E-state index contributed by atoms with van der Waals surface area (Å²) in [4.78, 5) is 0. The van der Waals surface area contributed by atoms with Crippen LogP contribution in [0.4, 0.5) is 0 Å². The molecule has 1 aliphatic rings. The maximum Gasteiger partial charge on any atom is 0.0108 e. The van der Waals surface area contributed by atoms with Crippen LogP contribution in [0.1, 0.15) is 39.2 Å². The monoisotopic (exact) mass is 212 g/mol. The topological polar surface area (TPSA) is 0 Å². The number of hydrogen-bond acceptors (Lipinski definition) is 0. The highest BCUT2D eigenvalue weighted by Crippen LogP contribution is 2.36. The zero-order valence-corrected chi connectivity index (χ0v) is 10.5. The van der Waals surface area contributed by atoms with Crippen LogP contribution >= 0.6 is 0 Å². The molecule has 0 unspecified atom stereocenters. The fourth-order valence-corrected chi connectivity index (χ4v) is 2.30. The Balaban J connectivity index is 2.33. The molecule has 16 heavy (non-hydrogen) atoms. The van der Waals surface area contributed by atoms with Gasteiger partial charge in [0.1, 0.15) is 0 Å². The summed E-state index contributed by atoms with van der Waals surface area (Å²) in [5, 5.41) is 0. The Labute approximate surface area is 98.7 Å². The lowest BCUT2D eigenvalue weighted by atomic mass is 9.74. The fourth-order valence-electron chi connectivity index (χ4n) is 2.30. The van der Waals surface area contributed by atoms with Crippen LogP contribution < -0.4 is 0 Å². The Kier molecular flexibility index (Phi) is 3.00. The molecular weight excluding hydrogens is 192 g/mol. The maximum absolute atomic E-state index is 2.32. The van der Waals surface area contributed by atoms with Gasteiger partial charge in [0, 0.05) is 5.41 Å². The first-order valence-corrected chi connectivity index (χ1v) is 6.03. The Bertz CT molecular complexity index is 419. The van der Waals surface area contributed by atoms with E-state index in [0.717, 1.165) is 0 Å². The van der Waals surface area contributed by atoms with Crippen LogP contribution in [0, 0.1) is 0 Å². The van der Waals surface area contributed by atoms with E-state index >= 15 is 0 Å². The van der Waals surface area contributed by atoms with E-state index in [1.165, 1.54) is 24.0 Å². The summed E-state index contributed by atoms with van der Waals surface area (Å²) >= 11 is 0. The van der Waals surface area contributed by atoms with E-state index in [2.05, 4.69) is 63.3 Å². The highest BCUT2D eigenvalue weighted by molar-refractivity contribution is 5.38. The Morgan fingerprint density at radius 1 is 0.938 bits per heavy atom. The highest BCUT2D eigenvalue weighted by atomic mass is 14.3. The smallest absolute Gasteiger partial charge is 0.0108 e. The molecule has 1 aliphatic carbocycles. The van der Waals surface area contributed by atoms with Gasteiger partial charge in [0.25, 0.3) is 0 Å². The lowest BCUT2D eigenvalue weighted by Crippen LogP contribution is -2.21. The zero-order chi connectivity index (χ0) is 11.6. The molecule has 0 amide bonds. The van der Waals surface area contributed by atoms with E-state index in [-0.39, 0.29) is 5.41 Å². The molecule has 84 valence electrons. The first-order chi connectivity index (χ1) is 7.60. The zero-order valence-electron chi connectivity index (χ0n) is 10.5. The second-order valence-corrected chi connectivity index (χ2v) is 5.20. The molecule has 0 spiro atoms. The SMILES string of the molecule is CC1=CC=C(C(C)(C)c2ccccc2)CC1. The van der Waals surface area contributed by atoms with Crippen molar-refractivity contribution < 1.29 is 0 Å². The minimum atomic E-state index is 0.165. The van der Waals surface area contributed by atoms with Crippen molar-refractivity contribution in [3.05, 3.63) is 59.2 Å². The first kappa shape index (κ1) is 11.2. The number of rotatable bonds is 2. The van der Waals surface area contributed by atoms with Gasteiger partial charge >= 0.3 is 0 Å². The summed E-state index contributed by atoms with van der Waals surface area (Å²) in [5.41, 5.74) is 4.62. The van der Waals surface area contributed by atoms with E-state index in [9.17, 15) is 0 Å². The molecule has 0 N–H and O–H groups in total. The Hall–Kier alpha value is -1.30. The van der Waals surface area contributed by atoms with Crippen molar-refractivity contribution in [3.63, 3.8) is 0 Å². The van der Waals surface area contributed by atoms with Gasteiger partial charge in [-0.15, -0.1) is 0 Å². The van der Waals surface area contributed by atoms with Crippen LogP contribution in [-0.4, -0.2) is 0 Å². The van der Waals surface area contributed by atoms with Crippen LogP contribution in [0.3, 0.4) is 0 Å². The molecule has 0 saturated carbocycles. The Morgan fingerprint density at radius 2 is 1.62 bits per heavy atom. The quantitative estimate of drug-likeness (QED) is 0.670. The van der Waals surface area contributed by atoms with Gasteiger partial charge in [-0.3, -0.25) is 0 Å². The van der Waals surface area contributed by atoms with Crippen molar-refractivity contribution in [3.8, 4) is 0 Å². The first-order valence-electron chi connectivity index (χ1n) is 6.03. The second kappa shape index (κ2) is 4.29.